The number of piperidine rings is 1. The second kappa shape index (κ2) is 7.61. The molecule has 2 aromatic carbocycles. The first kappa shape index (κ1) is 16.8. The summed E-state index contributed by atoms with van der Waals surface area (Å²) in [5.41, 5.74) is 9.48. The van der Waals surface area contributed by atoms with Gasteiger partial charge in [0.25, 0.3) is 0 Å². The maximum atomic E-state index is 13.4. The molecule has 2 N–H and O–H groups in total. The third-order valence-corrected chi connectivity index (χ3v) is 4.18. The topological polar surface area (TPSA) is 29.3 Å². The van der Waals surface area contributed by atoms with Crippen LogP contribution in [0, 0.1) is 5.82 Å². The highest BCUT2D eigenvalue weighted by molar-refractivity contribution is 5.85. The summed E-state index contributed by atoms with van der Waals surface area (Å²) in [5, 5.41) is 0. The number of anilines is 1. The van der Waals surface area contributed by atoms with Crippen LogP contribution in [0.5, 0.6) is 0 Å². The Labute approximate surface area is 137 Å². The van der Waals surface area contributed by atoms with Crippen LogP contribution in [0.2, 0.25) is 0 Å². The minimum absolute atomic E-state index is 0. The van der Waals surface area contributed by atoms with Gasteiger partial charge in [0.1, 0.15) is 5.82 Å². The summed E-state index contributed by atoms with van der Waals surface area (Å²) in [6, 6.07) is 14.5. The van der Waals surface area contributed by atoms with E-state index < -0.39 is 0 Å². The van der Waals surface area contributed by atoms with Gasteiger partial charge in [-0.3, -0.25) is 0 Å². The lowest BCUT2D eigenvalue weighted by atomic mass is 9.96. The lowest BCUT2D eigenvalue weighted by molar-refractivity contribution is 0.575. The summed E-state index contributed by atoms with van der Waals surface area (Å²) in [4.78, 5) is 2.40. The van der Waals surface area contributed by atoms with E-state index >= 15 is 0 Å². The van der Waals surface area contributed by atoms with Crippen molar-refractivity contribution in [2.75, 3.05) is 18.0 Å². The van der Waals surface area contributed by atoms with Gasteiger partial charge in [0.05, 0.1) is 6.04 Å². The molecular weight excluding hydrogens is 299 g/mol. The van der Waals surface area contributed by atoms with Crippen molar-refractivity contribution in [2.45, 2.75) is 25.3 Å². The van der Waals surface area contributed by atoms with Gasteiger partial charge in [-0.1, -0.05) is 30.3 Å². The van der Waals surface area contributed by atoms with Crippen LogP contribution in [0.15, 0.2) is 48.5 Å². The molecule has 2 nitrogen and oxygen atoms in total. The molecule has 1 fully saturated rings. The highest BCUT2D eigenvalue weighted by Gasteiger charge is 2.18. The van der Waals surface area contributed by atoms with E-state index in [2.05, 4.69) is 17.0 Å². The first-order valence-corrected chi connectivity index (χ1v) is 7.60. The maximum Gasteiger partial charge on any atom is 0.123 e. The average Bonchev–Trinajstić information content (AvgIpc) is 2.55. The number of benzene rings is 2. The molecule has 4 heteroatoms. The number of rotatable bonds is 3. The molecule has 22 heavy (non-hydrogen) atoms. The van der Waals surface area contributed by atoms with Crippen molar-refractivity contribution in [2.24, 2.45) is 5.73 Å². The van der Waals surface area contributed by atoms with Gasteiger partial charge in [0.2, 0.25) is 0 Å². The predicted octanol–water partition coefficient (Wildman–Crippen LogP) is 4.29. The minimum Gasteiger partial charge on any atom is -0.371 e. The zero-order chi connectivity index (χ0) is 14.7. The molecule has 1 saturated heterocycles. The van der Waals surface area contributed by atoms with Gasteiger partial charge < -0.3 is 10.6 Å². The molecule has 0 radical (unpaired) electrons. The number of halogens is 2. The van der Waals surface area contributed by atoms with E-state index in [9.17, 15) is 4.39 Å². The molecule has 118 valence electrons. The lowest BCUT2D eigenvalue weighted by Crippen LogP contribution is -2.31. The largest absolute Gasteiger partial charge is 0.371 e. The van der Waals surface area contributed by atoms with Crippen molar-refractivity contribution >= 4 is 18.1 Å². The van der Waals surface area contributed by atoms with Gasteiger partial charge in [-0.15, -0.1) is 12.4 Å². The number of hydrogen-bond acceptors (Lipinski definition) is 2. The molecule has 0 spiro atoms. The van der Waals surface area contributed by atoms with E-state index in [1.54, 1.807) is 6.07 Å². The molecule has 3 rings (SSSR count). The fourth-order valence-corrected chi connectivity index (χ4v) is 3.05. The Morgan fingerprint density at radius 2 is 1.68 bits per heavy atom. The maximum absolute atomic E-state index is 13.4. The van der Waals surface area contributed by atoms with Gasteiger partial charge in [-0.05, 0) is 48.6 Å². The number of nitrogens with two attached hydrogens (primary N) is 1. The van der Waals surface area contributed by atoms with E-state index in [0.717, 1.165) is 24.2 Å². The third kappa shape index (κ3) is 3.60. The normalized spacial score (nSPS) is 16.0. The summed E-state index contributed by atoms with van der Waals surface area (Å²) < 4.78 is 13.4. The molecule has 1 atom stereocenters. The summed E-state index contributed by atoms with van der Waals surface area (Å²) in [5.74, 6) is -0.238. The summed E-state index contributed by atoms with van der Waals surface area (Å²) >= 11 is 0. The first-order chi connectivity index (χ1) is 10.3. The number of nitrogens with zero attached hydrogens (tertiary/aromatic N) is 1. The number of para-hydroxylation sites is 1. The molecule has 0 aromatic heterocycles. The summed E-state index contributed by atoms with van der Waals surface area (Å²) in [7, 11) is 0. The molecule has 1 aliphatic rings. The quantitative estimate of drug-likeness (QED) is 0.914. The van der Waals surface area contributed by atoms with E-state index in [1.165, 1.54) is 37.1 Å². The van der Waals surface area contributed by atoms with Gasteiger partial charge in [-0.25, -0.2) is 4.39 Å². The average molecular weight is 321 g/mol. The van der Waals surface area contributed by atoms with Crippen molar-refractivity contribution in [1.29, 1.82) is 0 Å². The summed E-state index contributed by atoms with van der Waals surface area (Å²) in [6.45, 7) is 2.15. The monoisotopic (exact) mass is 320 g/mol. The van der Waals surface area contributed by atoms with Crippen LogP contribution in [0.4, 0.5) is 10.1 Å². The lowest BCUT2D eigenvalue weighted by Gasteiger charge is -2.32. The fourth-order valence-electron chi connectivity index (χ4n) is 3.05. The van der Waals surface area contributed by atoms with Gasteiger partial charge in [-0.2, -0.15) is 0 Å². The van der Waals surface area contributed by atoms with Crippen LogP contribution in [0.3, 0.4) is 0 Å². The van der Waals surface area contributed by atoms with Crippen LogP contribution < -0.4 is 10.6 Å². The SMILES string of the molecule is Cl.NC(c1cccc(F)c1)c1ccccc1N1CCCCC1. The van der Waals surface area contributed by atoms with Crippen LogP contribution in [0.25, 0.3) is 0 Å². The first-order valence-electron chi connectivity index (χ1n) is 7.60. The van der Waals surface area contributed by atoms with Crippen LogP contribution >= 0.6 is 12.4 Å². The van der Waals surface area contributed by atoms with E-state index in [-0.39, 0.29) is 24.3 Å². The Balaban J connectivity index is 0.00000176. The smallest absolute Gasteiger partial charge is 0.123 e. The van der Waals surface area contributed by atoms with Crippen molar-refractivity contribution in [3.63, 3.8) is 0 Å². The fraction of sp³-hybridized carbons (Fsp3) is 0.333. The molecule has 0 aliphatic carbocycles. The zero-order valence-electron chi connectivity index (χ0n) is 12.5. The van der Waals surface area contributed by atoms with Crippen molar-refractivity contribution in [3.05, 3.63) is 65.5 Å². The Morgan fingerprint density at radius 3 is 2.41 bits per heavy atom. The van der Waals surface area contributed by atoms with Crippen molar-refractivity contribution in [1.82, 2.24) is 0 Å². The van der Waals surface area contributed by atoms with Gasteiger partial charge >= 0.3 is 0 Å². The molecule has 1 aliphatic heterocycles. The van der Waals surface area contributed by atoms with Crippen molar-refractivity contribution in [3.8, 4) is 0 Å². The second-order valence-corrected chi connectivity index (χ2v) is 5.64. The highest BCUT2D eigenvalue weighted by Crippen LogP contribution is 2.31. The standard InChI is InChI=1S/C18H21FN2.ClH/c19-15-8-6-7-14(13-15)18(20)16-9-2-3-10-17(16)21-11-4-1-5-12-21;/h2-3,6-10,13,18H,1,4-5,11-12,20H2;1H. The van der Waals surface area contributed by atoms with Crippen molar-refractivity contribution < 1.29 is 4.39 Å². The van der Waals surface area contributed by atoms with Gasteiger partial charge in [0, 0.05) is 18.8 Å². The van der Waals surface area contributed by atoms with Crippen LogP contribution in [-0.2, 0) is 0 Å². The predicted molar refractivity (Wildman–Crippen MR) is 92.2 cm³/mol. The van der Waals surface area contributed by atoms with E-state index in [4.69, 9.17) is 5.73 Å². The summed E-state index contributed by atoms with van der Waals surface area (Å²) in [6.07, 6.45) is 3.75. The molecule has 1 heterocycles. The van der Waals surface area contributed by atoms with E-state index in [0.29, 0.717) is 0 Å². The van der Waals surface area contributed by atoms with Gasteiger partial charge in [0.15, 0.2) is 0 Å². The molecule has 2 aromatic rings. The van der Waals surface area contributed by atoms with Crippen LogP contribution in [0.1, 0.15) is 36.4 Å². The highest BCUT2D eigenvalue weighted by atomic mass is 35.5. The Hall–Kier alpha value is -1.58. The zero-order valence-corrected chi connectivity index (χ0v) is 13.4. The Kier molecular flexibility index (Phi) is 5.81. The third-order valence-electron chi connectivity index (χ3n) is 4.18. The Morgan fingerprint density at radius 1 is 0.955 bits per heavy atom. The molecule has 0 saturated carbocycles. The Bertz CT molecular complexity index is 612. The van der Waals surface area contributed by atoms with E-state index in [1.807, 2.05) is 18.2 Å². The molecule has 0 amide bonds. The molecule has 0 bridgehead atoms. The van der Waals surface area contributed by atoms with Crippen LogP contribution in [-0.4, -0.2) is 13.1 Å². The molecule has 1 unspecified atom stereocenters. The second-order valence-electron chi connectivity index (χ2n) is 5.64. The minimum atomic E-state index is -0.293. The molecular formula is C18H22ClFN2. The number of hydrogen-bond donors (Lipinski definition) is 1.